The van der Waals surface area contributed by atoms with Crippen molar-refractivity contribution in [3.63, 3.8) is 0 Å². The van der Waals surface area contributed by atoms with E-state index in [-0.39, 0.29) is 11.5 Å². The van der Waals surface area contributed by atoms with Crippen LogP contribution in [0.2, 0.25) is 0 Å². The van der Waals surface area contributed by atoms with Gasteiger partial charge in [0.15, 0.2) is 0 Å². The smallest absolute Gasteiger partial charge is 0.265 e. The highest BCUT2D eigenvalue weighted by Gasteiger charge is 2.11. The molecule has 0 saturated heterocycles. The molecule has 5 rings (SSSR count). The fraction of sp³-hybridized carbons (Fsp3) is 0.0385. The van der Waals surface area contributed by atoms with E-state index < -0.39 is 0 Å². The van der Waals surface area contributed by atoms with Gasteiger partial charge in [0.25, 0.3) is 11.5 Å². The van der Waals surface area contributed by atoms with Crippen LogP contribution in [0.3, 0.4) is 0 Å². The van der Waals surface area contributed by atoms with Gasteiger partial charge in [-0.1, -0.05) is 42.5 Å². The van der Waals surface area contributed by atoms with Crippen LogP contribution in [0.4, 0.5) is 5.69 Å². The molecule has 0 bridgehead atoms. The molecule has 0 fully saturated rings. The number of benzene rings is 4. The van der Waals surface area contributed by atoms with Crippen molar-refractivity contribution in [2.75, 3.05) is 5.32 Å². The fourth-order valence-corrected chi connectivity index (χ4v) is 3.78. The molecule has 0 atom stereocenters. The Morgan fingerprint density at radius 2 is 1.55 bits per heavy atom. The van der Waals surface area contributed by atoms with E-state index >= 15 is 0 Å². The van der Waals surface area contributed by atoms with Crippen molar-refractivity contribution >= 4 is 33.3 Å². The van der Waals surface area contributed by atoms with Crippen LogP contribution in [0.1, 0.15) is 16.2 Å². The molecule has 0 aliphatic rings. The normalized spacial score (nSPS) is 11.0. The Labute approximate surface area is 178 Å². The number of para-hydroxylation sites is 1. The number of nitrogens with zero attached hydrogens (tertiary/aromatic N) is 2. The van der Waals surface area contributed by atoms with E-state index in [4.69, 9.17) is 0 Å². The number of amides is 1. The van der Waals surface area contributed by atoms with Crippen LogP contribution < -0.4 is 10.9 Å². The summed E-state index contributed by atoms with van der Waals surface area (Å²) in [6.45, 7) is 1.81. The zero-order valence-electron chi connectivity index (χ0n) is 16.9. The van der Waals surface area contributed by atoms with E-state index in [1.54, 1.807) is 34.9 Å². The Morgan fingerprint density at radius 1 is 0.839 bits per heavy atom. The predicted octanol–water partition coefficient (Wildman–Crippen LogP) is 5.10. The summed E-state index contributed by atoms with van der Waals surface area (Å²) in [4.78, 5) is 30.2. The number of hydrogen-bond donors (Lipinski definition) is 1. The Hall–Kier alpha value is -4.25. The molecule has 150 valence electrons. The summed E-state index contributed by atoms with van der Waals surface area (Å²) in [6, 6.07) is 28.1. The third kappa shape index (κ3) is 3.46. The van der Waals surface area contributed by atoms with Gasteiger partial charge < -0.3 is 5.32 Å². The first-order chi connectivity index (χ1) is 15.1. The Bertz CT molecular complexity index is 1500. The van der Waals surface area contributed by atoms with Gasteiger partial charge in [-0.05, 0) is 66.2 Å². The van der Waals surface area contributed by atoms with Gasteiger partial charge in [0.2, 0.25) is 0 Å². The Morgan fingerprint density at radius 3 is 2.35 bits per heavy atom. The maximum Gasteiger partial charge on any atom is 0.265 e. The molecule has 1 N–H and O–H groups in total. The molecule has 0 spiro atoms. The van der Waals surface area contributed by atoms with Gasteiger partial charge in [-0.3, -0.25) is 14.2 Å². The zero-order valence-corrected chi connectivity index (χ0v) is 16.9. The van der Waals surface area contributed by atoms with Crippen molar-refractivity contribution in [3.8, 4) is 5.69 Å². The van der Waals surface area contributed by atoms with Crippen LogP contribution >= 0.6 is 0 Å². The number of carbonyl (C=O) groups is 1. The highest BCUT2D eigenvalue weighted by molar-refractivity contribution is 6.06. The average molecular weight is 405 g/mol. The van der Waals surface area contributed by atoms with Gasteiger partial charge in [0.1, 0.15) is 5.82 Å². The van der Waals surface area contributed by atoms with Crippen molar-refractivity contribution in [3.05, 3.63) is 113 Å². The van der Waals surface area contributed by atoms with Crippen LogP contribution in [0.5, 0.6) is 0 Å². The lowest BCUT2D eigenvalue weighted by Gasteiger charge is -2.12. The summed E-state index contributed by atoms with van der Waals surface area (Å²) in [7, 11) is 0. The number of nitrogens with one attached hydrogen (secondary N) is 1. The van der Waals surface area contributed by atoms with Gasteiger partial charge >= 0.3 is 0 Å². The minimum absolute atomic E-state index is 0.115. The van der Waals surface area contributed by atoms with E-state index in [1.165, 1.54) is 0 Å². The molecule has 1 amide bonds. The number of anilines is 1. The van der Waals surface area contributed by atoms with E-state index in [0.29, 0.717) is 33.7 Å². The second-order valence-electron chi connectivity index (χ2n) is 7.38. The van der Waals surface area contributed by atoms with Crippen LogP contribution in [-0.2, 0) is 0 Å². The van der Waals surface area contributed by atoms with E-state index in [0.717, 1.165) is 10.8 Å². The maximum absolute atomic E-state index is 13.0. The molecular weight excluding hydrogens is 386 g/mol. The lowest BCUT2D eigenvalue weighted by molar-refractivity contribution is 0.102. The number of rotatable bonds is 3. The molecule has 5 nitrogen and oxygen atoms in total. The minimum Gasteiger partial charge on any atom is -0.322 e. The minimum atomic E-state index is -0.181. The molecule has 1 aromatic heterocycles. The molecule has 5 aromatic rings. The number of aryl methyl sites for hydroxylation is 1. The highest BCUT2D eigenvalue weighted by Crippen LogP contribution is 2.19. The number of fused-ring (bicyclic) bond motifs is 2. The van der Waals surface area contributed by atoms with Gasteiger partial charge in [-0.25, -0.2) is 4.98 Å². The SMILES string of the molecule is Cc1nc2ccccc2c(=O)n1-c1ccc(NC(=O)c2ccc3ccccc3c2)cc1. The lowest BCUT2D eigenvalue weighted by Crippen LogP contribution is -2.22. The largest absolute Gasteiger partial charge is 0.322 e. The Kier molecular flexibility index (Phi) is 4.56. The monoisotopic (exact) mass is 405 g/mol. The predicted molar refractivity (Wildman–Crippen MR) is 124 cm³/mol. The zero-order chi connectivity index (χ0) is 21.4. The summed E-state index contributed by atoms with van der Waals surface area (Å²) in [5, 5.41) is 5.60. The van der Waals surface area contributed by atoms with Crippen LogP contribution in [0.15, 0.2) is 95.8 Å². The fourth-order valence-electron chi connectivity index (χ4n) is 3.78. The second-order valence-corrected chi connectivity index (χ2v) is 7.38. The Balaban J connectivity index is 1.43. The molecule has 31 heavy (non-hydrogen) atoms. The van der Waals surface area contributed by atoms with Crippen LogP contribution in [0, 0.1) is 6.92 Å². The highest BCUT2D eigenvalue weighted by atomic mass is 16.1. The van der Waals surface area contributed by atoms with Gasteiger partial charge in [-0.15, -0.1) is 0 Å². The van der Waals surface area contributed by atoms with Crippen molar-refractivity contribution in [2.24, 2.45) is 0 Å². The topological polar surface area (TPSA) is 64.0 Å². The summed E-state index contributed by atoms with van der Waals surface area (Å²) >= 11 is 0. The summed E-state index contributed by atoms with van der Waals surface area (Å²) in [6.07, 6.45) is 0. The molecule has 1 heterocycles. The third-order valence-corrected chi connectivity index (χ3v) is 5.34. The van der Waals surface area contributed by atoms with E-state index in [2.05, 4.69) is 10.3 Å². The summed E-state index contributed by atoms with van der Waals surface area (Å²) < 4.78 is 1.58. The molecule has 0 unspecified atom stereocenters. The number of aromatic nitrogens is 2. The average Bonchev–Trinajstić information content (AvgIpc) is 2.80. The second kappa shape index (κ2) is 7.54. The van der Waals surface area contributed by atoms with Crippen LogP contribution in [-0.4, -0.2) is 15.5 Å². The molecule has 5 heteroatoms. The first-order valence-corrected chi connectivity index (χ1v) is 9.99. The van der Waals surface area contributed by atoms with E-state index in [1.807, 2.05) is 67.6 Å². The maximum atomic E-state index is 13.0. The van der Waals surface area contributed by atoms with Crippen LogP contribution in [0.25, 0.3) is 27.4 Å². The molecule has 0 saturated carbocycles. The van der Waals surface area contributed by atoms with Gasteiger partial charge in [-0.2, -0.15) is 0 Å². The first-order valence-electron chi connectivity index (χ1n) is 9.99. The number of hydrogen-bond acceptors (Lipinski definition) is 3. The molecule has 0 aliphatic carbocycles. The standard InChI is InChI=1S/C26H19N3O2/c1-17-27-24-9-5-4-8-23(24)26(31)29(17)22-14-12-21(13-15-22)28-25(30)20-11-10-18-6-2-3-7-19(18)16-20/h2-16H,1H3,(H,28,30). The van der Waals surface area contributed by atoms with Gasteiger partial charge in [0, 0.05) is 11.3 Å². The molecule has 0 aliphatic heterocycles. The summed E-state index contributed by atoms with van der Waals surface area (Å²) in [5.74, 6) is 0.427. The molecule has 4 aromatic carbocycles. The van der Waals surface area contributed by atoms with Crippen molar-refractivity contribution in [2.45, 2.75) is 6.92 Å². The van der Waals surface area contributed by atoms with Crippen molar-refractivity contribution in [1.82, 2.24) is 9.55 Å². The lowest BCUT2D eigenvalue weighted by atomic mass is 10.1. The number of carbonyl (C=O) groups excluding carboxylic acids is 1. The quantitative estimate of drug-likeness (QED) is 0.454. The first kappa shape index (κ1) is 18.8. The molecule has 0 radical (unpaired) electrons. The van der Waals surface area contributed by atoms with Crippen molar-refractivity contribution < 1.29 is 4.79 Å². The van der Waals surface area contributed by atoms with Gasteiger partial charge in [0.05, 0.1) is 16.6 Å². The molecular formula is C26H19N3O2. The third-order valence-electron chi connectivity index (χ3n) is 5.34. The van der Waals surface area contributed by atoms with Crippen molar-refractivity contribution in [1.29, 1.82) is 0 Å². The van der Waals surface area contributed by atoms with E-state index in [9.17, 15) is 9.59 Å². The summed E-state index contributed by atoms with van der Waals surface area (Å²) in [5.41, 5.74) is 2.51.